The zero-order valence-electron chi connectivity index (χ0n) is 14.3. The molecular formula is C17H22N2O5. The fourth-order valence-corrected chi connectivity index (χ4v) is 2.61. The number of carbonyl (C=O) groups excluding carboxylic acids is 3. The van der Waals surface area contributed by atoms with Gasteiger partial charge in [-0.25, -0.2) is 4.79 Å². The van der Waals surface area contributed by atoms with Gasteiger partial charge < -0.3 is 19.7 Å². The molecule has 0 aliphatic carbocycles. The Kier molecular flexibility index (Phi) is 5.11. The maximum Gasteiger partial charge on any atom is 0.330 e. The van der Waals surface area contributed by atoms with E-state index in [4.69, 9.17) is 4.74 Å². The zero-order chi connectivity index (χ0) is 17.9. The largest absolute Gasteiger partial charge is 0.497 e. The first-order valence-corrected chi connectivity index (χ1v) is 7.63. The van der Waals surface area contributed by atoms with Gasteiger partial charge in [0, 0.05) is 18.7 Å². The Morgan fingerprint density at radius 3 is 2.38 bits per heavy atom. The molecule has 2 amide bonds. The lowest BCUT2D eigenvalue weighted by molar-refractivity contribution is -0.149. The minimum Gasteiger partial charge on any atom is -0.497 e. The summed E-state index contributed by atoms with van der Waals surface area (Å²) in [7, 11) is 2.83. The smallest absolute Gasteiger partial charge is 0.330 e. The number of ether oxygens (including phenoxy) is 2. The van der Waals surface area contributed by atoms with Gasteiger partial charge in [0.25, 0.3) is 0 Å². The van der Waals surface area contributed by atoms with Gasteiger partial charge >= 0.3 is 5.97 Å². The number of nitrogens with zero attached hydrogens (tertiary/aromatic N) is 1. The molecule has 2 rings (SSSR count). The van der Waals surface area contributed by atoms with Crippen molar-refractivity contribution in [3.8, 4) is 5.75 Å². The standard InChI is InChI=1S/C17H22N2O5/c1-17(2,16(22)24-4)18-15(21)11-9-14(20)19(10-11)12-5-7-13(23-3)8-6-12/h5-8,11H,9-10H2,1-4H3,(H,18,21)/t11-/m1/s1. The maximum atomic E-state index is 12.4. The Bertz CT molecular complexity index is 639. The summed E-state index contributed by atoms with van der Waals surface area (Å²) in [6.45, 7) is 3.40. The predicted octanol–water partition coefficient (Wildman–Crippen LogP) is 1.12. The van der Waals surface area contributed by atoms with Crippen molar-refractivity contribution in [3.05, 3.63) is 24.3 Å². The van der Waals surface area contributed by atoms with Crippen molar-refractivity contribution >= 4 is 23.5 Å². The second-order valence-electron chi connectivity index (χ2n) is 6.21. The molecule has 7 heteroatoms. The van der Waals surface area contributed by atoms with E-state index in [1.807, 2.05) is 0 Å². The molecule has 1 aliphatic rings. The first-order valence-electron chi connectivity index (χ1n) is 7.63. The molecule has 0 aromatic heterocycles. The van der Waals surface area contributed by atoms with Gasteiger partial charge in [-0.1, -0.05) is 0 Å². The van der Waals surface area contributed by atoms with E-state index in [1.165, 1.54) is 7.11 Å². The van der Waals surface area contributed by atoms with Gasteiger partial charge in [-0.15, -0.1) is 0 Å². The molecule has 1 heterocycles. The normalized spacial score (nSPS) is 17.6. The highest BCUT2D eigenvalue weighted by Crippen LogP contribution is 2.27. The summed E-state index contributed by atoms with van der Waals surface area (Å²) in [5.74, 6) is -0.818. The molecule has 1 N–H and O–H groups in total. The fraction of sp³-hybridized carbons (Fsp3) is 0.471. The summed E-state index contributed by atoms with van der Waals surface area (Å²) >= 11 is 0. The number of esters is 1. The second kappa shape index (κ2) is 6.90. The molecule has 1 aromatic rings. The number of rotatable bonds is 5. The summed E-state index contributed by atoms with van der Waals surface area (Å²) in [5.41, 5.74) is -0.425. The summed E-state index contributed by atoms with van der Waals surface area (Å²) in [6, 6.07) is 7.07. The molecule has 7 nitrogen and oxygen atoms in total. The Hall–Kier alpha value is -2.57. The molecule has 1 aromatic carbocycles. The van der Waals surface area contributed by atoms with Crippen LogP contribution in [-0.2, 0) is 19.1 Å². The molecule has 1 atom stereocenters. The minimum atomic E-state index is -1.14. The van der Waals surface area contributed by atoms with Crippen molar-refractivity contribution < 1.29 is 23.9 Å². The number of carbonyl (C=O) groups is 3. The van der Waals surface area contributed by atoms with Crippen LogP contribution in [0.15, 0.2) is 24.3 Å². The van der Waals surface area contributed by atoms with Crippen LogP contribution < -0.4 is 15.0 Å². The lowest BCUT2D eigenvalue weighted by Crippen LogP contribution is -2.52. The van der Waals surface area contributed by atoms with Crippen molar-refractivity contribution in [1.29, 1.82) is 0 Å². The second-order valence-corrected chi connectivity index (χ2v) is 6.21. The van der Waals surface area contributed by atoms with Crippen LogP contribution in [0.1, 0.15) is 20.3 Å². The number of hydrogen-bond acceptors (Lipinski definition) is 5. The van der Waals surface area contributed by atoms with Crippen LogP contribution in [0, 0.1) is 5.92 Å². The van der Waals surface area contributed by atoms with E-state index in [9.17, 15) is 14.4 Å². The third-order valence-corrected chi connectivity index (χ3v) is 4.01. The highest BCUT2D eigenvalue weighted by molar-refractivity contribution is 6.01. The van der Waals surface area contributed by atoms with Crippen LogP contribution in [0.3, 0.4) is 0 Å². The molecule has 1 aliphatic heterocycles. The lowest BCUT2D eigenvalue weighted by atomic mass is 10.0. The van der Waals surface area contributed by atoms with E-state index in [-0.39, 0.29) is 24.8 Å². The number of amides is 2. The third-order valence-electron chi connectivity index (χ3n) is 4.01. The summed E-state index contributed by atoms with van der Waals surface area (Å²) in [5, 5.41) is 2.65. The van der Waals surface area contributed by atoms with Gasteiger partial charge in [-0.3, -0.25) is 9.59 Å². The monoisotopic (exact) mass is 334 g/mol. The molecule has 1 fully saturated rings. The van der Waals surface area contributed by atoms with Crippen LogP contribution in [-0.4, -0.2) is 44.1 Å². The van der Waals surface area contributed by atoms with Crippen molar-refractivity contribution in [2.45, 2.75) is 25.8 Å². The van der Waals surface area contributed by atoms with Crippen molar-refractivity contribution in [2.75, 3.05) is 25.7 Å². The Labute approximate surface area is 140 Å². The van der Waals surface area contributed by atoms with Gasteiger partial charge in [-0.05, 0) is 38.1 Å². The highest BCUT2D eigenvalue weighted by atomic mass is 16.5. The van der Waals surface area contributed by atoms with Gasteiger partial charge in [0.2, 0.25) is 11.8 Å². The van der Waals surface area contributed by atoms with Crippen LogP contribution in [0.4, 0.5) is 5.69 Å². The Balaban J connectivity index is 2.05. The Morgan fingerprint density at radius 2 is 1.83 bits per heavy atom. The van der Waals surface area contributed by atoms with Crippen LogP contribution >= 0.6 is 0 Å². The molecule has 0 radical (unpaired) electrons. The summed E-state index contributed by atoms with van der Waals surface area (Å²) < 4.78 is 9.76. The number of nitrogens with one attached hydrogen (secondary N) is 1. The van der Waals surface area contributed by atoms with E-state index in [2.05, 4.69) is 10.1 Å². The third kappa shape index (κ3) is 3.67. The maximum absolute atomic E-state index is 12.4. The zero-order valence-corrected chi connectivity index (χ0v) is 14.3. The molecule has 24 heavy (non-hydrogen) atoms. The van der Waals surface area contributed by atoms with Crippen LogP contribution in [0.2, 0.25) is 0 Å². The van der Waals surface area contributed by atoms with E-state index in [0.717, 1.165) is 0 Å². The summed E-state index contributed by atoms with van der Waals surface area (Å²) in [6.07, 6.45) is 0.106. The van der Waals surface area contributed by atoms with E-state index in [1.54, 1.807) is 50.1 Å². The number of benzene rings is 1. The van der Waals surface area contributed by atoms with Gasteiger partial charge in [0.05, 0.1) is 20.1 Å². The molecule has 0 saturated carbocycles. The van der Waals surface area contributed by atoms with E-state index < -0.39 is 17.4 Å². The minimum absolute atomic E-state index is 0.106. The Morgan fingerprint density at radius 1 is 1.21 bits per heavy atom. The fourth-order valence-electron chi connectivity index (χ4n) is 2.61. The quantitative estimate of drug-likeness (QED) is 0.816. The van der Waals surface area contributed by atoms with Gasteiger partial charge in [0.1, 0.15) is 11.3 Å². The topological polar surface area (TPSA) is 84.9 Å². The number of anilines is 1. The van der Waals surface area contributed by atoms with Crippen LogP contribution in [0.5, 0.6) is 5.75 Å². The molecule has 0 spiro atoms. The number of hydrogen-bond donors (Lipinski definition) is 1. The van der Waals surface area contributed by atoms with E-state index >= 15 is 0 Å². The van der Waals surface area contributed by atoms with Crippen molar-refractivity contribution in [3.63, 3.8) is 0 Å². The molecule has 130 valence electrons. The first kappa shape index (κ1) is 17.8. The average molecular weight is 334 g/mol. The van der Waals surface area contributed by atoms with Crippen molar-refractivity contribution in [2.24, 2.45) is 5.92 Å². The SMILES string of the molecule is COC(=O)C(C)(C)NC(=O)[C@@H]1CC(=O)N(c2ccc(OC)cc2)C1. The van der Waals surface area contributed by atoms with Gasteiger partial charge in [-0.2, -0.15) is 0 Å². The van der Waals surface area contributed by atoms with Gasteiger partial charge in [0.15, 0.2) is 0 Å². The molecule has 1 saturated heterocycles. The van der Waals surface area contributed by atoms with Crippen molar-refractivity contribution in [1.82, 2.24) is 5.32 Å². The average Bonchev–Trinajstić information content (AvgIpc) is 2.95. The predicted molar refractivity (Wildman–Crippen MR) is 87.7 cm³/mol. The highest BCUT2D eigenvalue weighted by Gasteiger charge is 2.39. The molecule has 0 bridgehead atoms. The molecular weight excluding hydrogens is 312 g/mol. The molecule has 0 unspecified atom stereocenters. The first-order chi connectivity index (χ1) is 11.3. The van der Waals surface area contributed by atoms with Crippen LogP contribution in [0.25, 0.3) is 0 Å². The lowest BCUT2D eigenvalue weighted by Gasteiger charge is -2.25. The van der Waals surface area contributed by atoms with E-state index in [0.29, 0.717) is 11.4 Å². The number of methoxy groups -OCH3 is 2. The summed E-state index contributed by atoms with van der Waals surface area (Å²) in [4.78, 5) is 37.8.